The fourth-order valence-corrected chi connectivity index (χ4v) is 5.66. The van der Waals surface area contributed by atoms with Crippen LogP contribution in [0.1, 0.15) is 74.0 Å². The summed E-state index contributed by atoms with van der Waals surface area (Å²) in [5, 5.41) is 0. The Bertz CT molecular complexity index is 2280. The number of hydrogen-bond donors (Lipinski definition) is 0. The average Bonchev–Trinajstić information content (AvgIpc) is 3.24. The molecule has 0 aliphatic carbocycles. The zero-order chi connectivity index (χ0) is 41.6. The number of carbonyl (C=O) groups excluding carboxylic acids is 4. The third-order valence-electron chi connectivity index (χ3n) is 9.00. The van der Waals surface area contributed by atoms with Crippen molar-refractivity contribution < 1.29 is 57.1 Å². The van der Waals surface area contributed by atoms with Crippen molar-refractivity contribution >= 4 is 29.6 Å². The summed E-state index contributed by atoms with van der Waals surface area (Å²) in [6.07, 6.45) is 3.99. The molecular weight excluding hydrogens is 759 g/mol. The average molecular weight is 800 g/mol. The molecular formula is C46H41NO12. The summed E-state index contributed by atoms with van der Waals surface area (Å²) in [6.45, 7) is 11.7. The lowest BCUT2D eigenvalue weighted by molar-refractivity contribution is -0.199. The highest BCUT2D eigenvalue weighted by Crippen LogP contribution is 2.27. The van der Waals surface area contributed by atoms with E-state index in [4.69, 9.17) is 44.5 Å². The van der Waals surface area contributed by atoms with Gasteiger partial charge in [-0.3, -0.25) is 0 Å². The molecule has 302 valence electrons. The first-order chi connectivity index (χ1) is 28.6. The molecule has 0 aromatic heterocycles. The highest BCUT2D eigenvalue weighted by molar-refractivity contribution is 5.95. The maximum atomic E-state index is 13.1. The van der Waals surface area contributed by atoms with Gasteiger partial charge in [-0.25, -0.2) is 24.0 Å². The molecule has 1 heterocycles. The minimum atomic E-state index is -0.775. The Morgan fingerprint density at radius 2 is 0.966 bits per heavy atom. The van der Waals surface area contributed by atoms with E-state index in [0.29, 0.717) is 36.8 Å². The van der Waals surface area contributed by atoms with Crippen molar-refractivity contribution in [2.45, 2.75) is 38.2 Å². The van der Waals surface area contributed by atoms with E-state index in [1.165, 1.54) is 98.1 Å². The van der Waals surface area contributed by atoms with Gasteiger partial charge >= 0.3 is 23.9 Å². The molecule has 13 nitrogen and oxygen atoms in total. The zero-order valence-corrected chi connectivity index (χ0v) is 32.5. The van der Waals surface area contributed by atoms with Crippen molar-refractivity contribution in [3.8, 4) is 34.5 Å². The van der Waals surface area contributed by atoms with Crippen LogP contribution in [0.25, 0.3) is 4.85 Å². The minimum Gasteiger partial charge on any atom is -0.497 e. The van der Waals surface area contributed by atoms with Gasteiger partial charge in [0, 0.05) is 12.7 Å². The number of methoxy groups -OCH3 is 1. The van der Waals surface area contributed by atoms with Gasteiger partial charge in [0.15, 0.2) is 5.69 Å². The molecule has 0 atom stereocenters. The Balaban J connectivity index is 0.949. The van der Waals surface area contributed by atoms with Crippen LogP contribution < -0.4 is 28.4 Å². The standard InChI is InChI=1S/C46H41NO12/c1-46(29-53-30-46)55-25-7-5-4-6-24-54-36-16-8-31(9-17-36)42(48)56-37-18-12-33(13-19-37)44(50)59-41-27-34(26-40(28-41)52-3)45(51)58-38-20-10-32(11-21-38)43(49)57-39-22-14-35(47-2)15-23-39/h8-23,26-28H,4-7,24-25,29-30H2,1,3H3. The van der Waals surface area contributed by atoms with Gasteiger partial charge in [0.2, 0.25) is 0 Å². The number of nitrogens with zero attached hydrogens (tertiary/aromatic N) is 1. The molecule has 0 amide bonds. The number of rotatable bonds is 18. The minimum absolute atomic E-state index is 0.0158. The van der Waals surface area contributed by atoms with Crippen LogP contribution in [0.15, 0.2) is 115 Å². The number of benzene rings is 5. The van der Waals surface area contributed by atoms with Gasteiger partial charge in [0.25, 0.3) is 0 Å². The van der Waals surface area contributed by atoms with Crippen LogP contribution in [0.5, 0.6) is 34.5 Å². The van der Waals surface area contributed by atoms with E-state index in [2.05, 4.69) is 11.8 Å². The van der Waals surface area contributed by atoms with Crippen LogP contribution in [0, 0.1) is 6.57 Å². The second kappa shape index (κ2) is 19.9. The van der Waals surface area contributed by atoms with Gasteiger partial charge in [-0.05, 0) is 123 Å². The molecule has 5 aromatic carbocycles. The SMILES string of the molecule is [C-]#[N+]c1ccc(OC(=O)c2ccc(OC(=O)c3cc(OC)cc(OC(=O)c4ccc(OC(=O)c5ccc(OCCCCCCOC6(C)COC6)cc5)cc4)c3)cc2)cc1. The Morgan fingerprint density at radius 3 is 1.42 bits per heavy atom. The lowest BCUT2D eigenvalue weighted by Gasteiger charge is -2.37. The third-order valence-corrected chi connectivity index (χ3v) is 9.00. The first-order valence-corrected chi connectivity index (χ1v) is 18.8. The second-order valence-electron chi connectivity index (χ2n) is 13.7. The molecule has 1 saturated heterocycles. The highest BCUT2D eigenvalue weighted by atomic mass is 16.6. The maximum Gasteiger partial charge on any atom is 0.343 e. The highest BCUT2D eigenvalue weighted by Gasteiger charge is 2.33. The molecule has 0 radical (unpaired) electrons. The summed E-state index contributed by atoms with van der Waals surface area (Å²) in [5.74, 6) is -1.19. The lowest BCUT2D eigenvalue weighted by atomic mass is 10.1. The van der Waals surface area contributed by atoms with Gasteiger partial charge in [0.05, 0.1) is 55.8 Å². The molecule has 0 unspecified atom stereocenters. The van der Waals surface area contributed by atoms with Crippen molar-refractivity contribution in [3.05, 3.63) is 149 Å². The molecule has 1 aliphatic rings. The fourth-order valence-electron chi connectivity index (χ4n) is 5.66. The van der Waals surface area contributed by atoms with E-state index in [1.54, 1.807) is 24.3 Å². The van der Waals surface area contributed by atoms with Gasteiger partial charge in [-0.1, -0.05) is 18.6 Å². The predicted octanol–water partition coefficient (Wildman–Crippen LogP) is 8.87. The Morgan fingerprint density at radius 1 is 0.542 bits per heavy atom. The van der Waals surface area contributed by atoms with Crippen LogP contribution in [-0.4, -0.2) is 63.0 Å². The van der Waals surface area contributed by atoms with E-state index in [0.717, 1.165) is 32.3 Å². The van der Waals surface area contributed by atoms with Crippen LogP contribution in [0.4, 0.5) is 5.69 Å². The van der Waals surface area contributed by atoms with E-state index in [1.807, 2.05) is 0 Å². The monoisotopic (exact) mass is 799 g/mol. The largest absolute Gasteiger partial charge is 0.497 e. The van der Waals surface area contributed by atoms with Crippen molar-refractivity contribution in [1.82, 2.24) is 0 Å². The van der Waals surface area contributed by atoms with E-state index < -0.39 is 23.9 Å². The molecule has 0 saturated carbocycles. The molecule has 0 bridgehead atoms. The number of esters is 4. The zero-order valence-electron chi connectivity index (χ0n) is 32.5. The molecule has 6 rings (SSSR count). The van der Waals surface area contributed by atoms with Crippen LogP contribution in [0.2, 0.25) is 0 Å². The fraction of sp³-hybridized carbons (Fsp3) is 0.239. The summed E-state index contributed by atoms with van der Waals surface area (Å²) in [6, 6.07) is 28.5. The lowest BCUT2D eigenvalue weighted by Crippen LogP contribution is -2.49. The number of unbranched alkanes of at least 4 members (excludes halogenated alkanes) is 3. The molecule has 0 N–H and O–H groups in total. The van der Waals surface area contributed by atoms with Gasteiger partial charge in [-0.15, -0.1) is 0 Å². The Kier molecular flexibility index (Phi) is 14.0. The van der Waals surface area contributed by atoms with Gasteiger partial charge < -0.3 is 37.9 Å². The smallest absolute Gasteiger partial charge is 0.343 e. The van der Waals surface area contributed by atoms with Gasteiger partial charge in [-0.2, -0.15) is 0 Å². The molecule has 13 heteroatoms. The number of carbonyl (C=O) groups is 4. The number of hydrogen-bond acceptors (Lipinski definition) is 12. The van der Waals surface area contributed by atoms with Crippen LogP contribution >= 0.6 is 0 Å². The maximum absolute atomic E-state index is 13.1. The quantitative estimate of drug-likeness (QED) is 0.0361. The second-order valence-corrected chi connectivity index (χ2v) is 13.7. The summed E-state index contributed by atoms with van der Waals surface area (Å²) in [4.78, 5) is 54.8. The van der Waals surface area contributed by atoms with Crippen molar-refractivity contribution in [2.24, 2.45) is 0 Å². The molecule has 59 heavy (non-hydrogen) atoms. The molecule has 1 aliphatic heterocycles. The third kappa shape index (κ3) is 12.0. The molecule has 1 fully saturated rings. The Hall–Kier alpha value is -7.01. The first-order valence-electron chi connectivity index (χ1n) is 18.8. The topological polar surface area (TPSA) is 146 Å². The molecule has 5 aromatic rings. The summed E-state index contributed by atoms with van der Waals surface area (Å²) in [5.41, 5.74) is 1.03. The summed E-state index contributed by atoms with van der Waals surface area (Å²) >= 11 is 0. The molecule has 0 spiro atoms. The summed E-state index contributed by atoms with van der Waals surface area (Å²) < 4.78 is 44.0. The van der Waals surface area contributed by atoms with Crippen molar-refractivity contribution in [2.75, 3.05) is 33.5 Å². The normalized spacial score (nSPS) is 12.6. The van der Waals surface area contributed by atoms with Crippen LogP contribution in [0.3, 0.4) is 0 Å². The van der Waals surface area contributed by atoms with E-state index in [-0.39, 0.29) is 51.0 Å². The predicted molar refractivity (Wildman–Crippen MR) is 214 cm³/mol. The van der Waals surface area contributed by atoms with E-state index >= 15 is 0 Å². The van der Waals surface area contributed by atoms with Crippen LogP contribution in [-0.2, 0) is 9.47 Å². The van der Waals surface area contributed by atoms with Gasteiger partial charge in [0.1, 0.15) is 40.1 Å². The van der Waals surface area contributed by atoms with E-state index in [9.17, 15) is 19.2 Å². The van der Waals surface area contributed by atoms with Crippen molar-refractivity contribution in [1.29, 1.82) is 0 Å². The first kappa shape index (κ1) is 41.6. The number of ether oxygens (including phenoxy) is 8. The van der Waals surface area contributed by atoms with Crippen molar-refractivity contribution in [3.63, 3.8) is 0 Å². The summed E-state index contributed by atoms with van der Waals surface area (Å²) in [7, 11) is 1.39. The Labute approximate surface area is 341 Å².